The first-order valence-corrected chi connectivity index (χ1v) is 10.6. The highest BCUT2D eigenvalue weighted by atomic mass is 79.9. The highest BCUT2D eigenvalue weighted by molar-refractivity contribution is 9.11. The quantitative estimate of drug-likeness (QED) is 0.341. The maximum Gasteiger partial charge on any atom is 0.337 e. The van der Waals surface area contributed by atoms with Gasteiger partial charge in [-0.2, -0.15) is 0 Å². The van der Waals surface area contributed by atoms with Crippen LogP contribution in [0.4, 0.5) is 10.5 Å². The van der Waals surface area contributed by atoms with Gasteiger partial charge in [0.2, 0.25) is 0 Å². The van der Waals surface area contributed by atoms with E-state index in [9.17, 15) is 19.2 Å². The largest absolute Gasteiger partial charge is 0.492 e. The van der Waals surface area contributed by atoms with Gasteiger partial charge in [0.25, 0.3) is 11.8 Å². The molecule has 0 aromatic heterocycles. The molecule has 8 nitrogen and oxygen atoms in total. The molecule has 31 heavy (non-hydrogen) atoms. The van der Waals surface area contributed by atoms with Gasteiger partial charge in [-0.3, -0.25) is 14.9 Å². The van der Waals surface area contributed by atoms with Crippen molar-refractivity contribution in [2.75, 3.05) is 18.6 Å². The number of barbiturate groups is 1. The van der Waals surface area contributed by atoms with Crippen LogP contribution in [0.15, 0.2) is 50.9 Å². The number of hydrogen-bond acceptors (Lipinski definition) is 6. The van der Waals surface area contributed by atoms with Gasteiger partial charge >= 0.3 is 12.0 Å². The van der Waals surface area contributed by atoms with Crippen molar-refractivity contribution >= 4 is 67.4 Å². The smallest absolute Gasteiger partial charge is 0.337 e. The molecular formula is C21H16Br2N2O6. The summed E-state index contributed by atoms with van der Waals surface area (Å²) in [5.41, 5.74) is 0.769. The summed E-state index contributed by atoms with van der Waals surface area (Å²) in [7, 11) is 1.25. The van der Waals surface area contributed by atoms with Crippen molar-refractivity contribution in [3.8, 4) is 5.75 Å². The number of nitrogens with one attached hydrogen (secondary N) is 1. The van der Waals surface area contributed by atoms with Crippen molar-refractivity contribution in [3.63, 3.8) is 0 Å². The molecule has 1 N–H and O–H groups in total. The van der Waals surface area contributed by atoms with Crippen molar-refractivity contribution in [2.24, 2.45) is 0 Å². The van der Waals surface area contributed by atoms with Gasteiger partial charge in [0.15, 0.2) is 0 Å². The first kappa shape index (κ1) is 22.7. The number of carbonyl (C=O) groups is 4. The summed E-state index contributed by atoms with van der Waals surface area (Å²) in [5.74, 6) is -1.56. The minimum atomic E-state index is -0.882. The number of esters is 1. The fraction of sp³-hybridized carbons (Fsp3) is 0.143. The minimum Gasteiger partial charge on any atom is -0.492 e. The van der Waals surface area contributed by atoms with Crippen LogP contribution in [0.1, 0.15) is 22.8 Å². The number of carbonyl (C=O) groups excluding carboxylic acids is 4. The monoisotopic (exact) mass is 550 g/mol. The van der Waals surface area contributed by atoms with Crippen LogP contribution in [0.2, 0.25) is 0 Å². The van der Waals surface area contributed by atoms with E-state index in [-0.39, 0.29) is 16.8 Å². The second-order valence-electron chi connectivity index (χ2n) is 6.24. The molecule has 0 atom stereocenters. The summed E-state index contributed by atoms with van der Waals surface area (Å²) in [6, 6.07) is 8.17. The molecule has 1 saturated heterocycles. The molecule has 1 fully saturated rings. The lowest BCUT2D eigenvalue weighted by Gasteiger charge is -2.26. The Hall–Kier alpha value is -2.98. The van der Waals surface area contributed by atoms with E-state index >= 15 is 0 Å². The number of anilines is 1. The maximum absolute atomic E-state index is 13.0. The number of urea groups is 1. The highest BCUT2D eigenvalue weighted by Crippen LogP contribution is 2.35. The number of halogens is 2. The molecule has 0 spiro atoms. The zero-order valence-corrected chi connectivity index (χ0v) is 19.6. The van der Waals surface area contributed by atoms with E-state index in [4.69, 9.17) is 4.74 Å². The Labute approximate surface area is 194 Å². The van der Waals surface area contributed by atoms with Crippen LogP contribution < -0.4 is 15.0 Å². The normalized spacial score (nSPS) is 15.2. The highest BCUT2D eigenvalue weighted by Gasteiger charge is 2.36. The van der Waals surface area contributed by atoms with Gasteiger partial charge in [0.05, 0.1) is 33.9 Å². The first-order valence-electron chi connectivity index (χ1n) is 8.98. The summed E-state index contributed by atoms with van der Waals surface area (Å²) < 4.78 is 11.4. The molecule has 1 aliphatic heterocycles. The summed E-state index contributed by atoms with van der Waals surface area (Å²) in [6.45, 7) is 2.31. The van der Waals surface area contributed by atoms with E-state index in [2.05, 4.69) is 41.9 Å². The van der Waals surface area contributed by atoms with Gasteiger partial charge in [-0.25, -0.2) is 14.5 Å². The first-order chi connectivity index (χ1) is 14.8. The molecule has 10 heteroatoms. The lowest BCUT2D eigenvalue weighted by atomic mass is 10.1. The summed E-state index contributed by atoms with van der Waals surface area (Å²) in [4.78, 5) is 50.1. The molecule has 0 unspecified atom stereocenters. The van der Waals surface area contributed by atoms with E-state index in [1.54, 1.807) is 12.1 Å². The van der Waals surface area contributed by atoms with Crippen LogP contribution in [-0.4, -0.2) is 37.5 Å². The standard InChI is InChI=1S/C21H16Br2N2O6/c1-3-31-17-15(22)9-11(10-16(17)23)8-14-18(26)24-21(29)25(19(14)27)13-6-4-12(5-7-13)20(28)30-2/h4-10H,3H2,1-2H3,(H,24,26,29)/b14-8+. The Bertz CT molecular complexity index is 1090. The molecule has 4 amide bonds. The number of methoxy groups -OCH3 is 1. The molecule has 0 saturated carbocycles. The van der Waals surface area contributed by atoms with E-state index in [1.165, 1.54) is 37.5 Å². The molecule has 0 aliphatic carbocycles. The number of rotatable bonds is 5. The van der Waals surface area contributed by atoms with Crippen molar-refractivity contribution in [1.29, 1.82) is 0 Å². The Morgan fingerprint density at radius 3 is 2.26 bits per heavy atom. The molecule has 2 aromatic rings. The molecule has 0 radical (unpaired) electrons. The van der Waals surface area contributed by atoms with Gasteiger partial charge in [0.1, 0.15) is 11.3 Å². The van der Waals surface area contributed by atoms with Gasteiger partial charge in [-0.05, 0) is 86.8 Å². The number of benzene rings is 2. The number of nitrogens with zero attached hydrogens (tertiary/aromatic N) is 1. The average Bonchev–Trinajstić information content (AvgIpc) is 2.73. The zero-order valence-electron chi connectivity index (χ0n) is 16.4. The van der Waals surface area contributed by atoms with Crippen LogP contribution in [0, 0.1) is 0 Å². The van der Waals surface area contributed by atoms with Gasteiger partial charge in [-0.15, -0.1) is 0 Å². The fourth-order valence-electron chi connectivity index (χ4n) is 2.87. The number of hydrogen-bond donors (Lipinski definition) is 1. The third kappa shape index (κ3) is 4.70. The molecule has 1 heterocycles. The van der Waals surface area contributed by atoms with Crippen LogP contribution >= 0.6 is 31.9 Å². The SMILES string of the molecule is CCOc1c(Br)cc(/C=C2\C(=O)NC(=O)N(c3ccc(C(=O)OC)cc3)C2=O)cc1Br. The maximum atomic E-state index is 13.0. The van der Waals surface area contributed by atoms with Gasteiger partial charge < -0.3 is 9.47 Å². The van der Waals surface area contributed by atoms with E-state index in [0.717, 1.165) is 4.90 Å². The van der Waals surface area contributed by atoms with Crippen LogP contribution in [0.5, 0.6) is 5.75 Å². The summed E-state index contributed by atoms with van der Waals surface area (Å²) in [5, 5.41) is 2.16. The Balaban J connectivity index is 1.97. The summed E-state index contributed by atoms with van der Waals surface area (Å²) in [6.07, 6.45) is 1.38. The second kappa shape index (κ2) is 9.44. The van der Waals surface area contributed by atoms with Crippen LogP contribution in [0.3, 0.4) is 0 Å². The average molecular weight is 552 g/mol. The van der Waals surface area contributed by atoms with Gasteiger partial charge in [0, 0.05) is 0 Å². The minimum absolute atomic E-state index is 0.197. The van der Waals surface area contributed by atoms with Crippen molar-refractivity contribution < 1.29 is 28.7 Å². The van der Waals surface area contributed by atoms with Gasteiger partial charge in [-0.1, -0.05) is 0 Å². The van der Waals surface area contributed by atoms with Crippen molar-refractivity contribution in [2.45, 2.75) is 6.92 Å². The fourth-order valence-corrected chi connectivity index (χ4v) is 4.32. The van der Waals surface area contributed by atoms with E-state index in [0.29, 0.717) is 26.9 Å². The Morgan fingerprint density at radius 2 is 1.71 bits per heavy atom. The van der Waals surface area contributed by atoms with Crippen LogP contribution in [0.25, 0.3) is 6.08 Å². The summed E-state index contributed by atoms with van der Waals surface area (Å²) >= 11 is 6.81. The van der Waals surface area contributed by atoms with Crippen molar-refractivity contribution in [3.05, 3.63) is 62.0 Å². The molecule has 2 aromatic carbocycles. The number of ether oxygens (including phenoxy) is 2. The molecule has 3 rings (SSSR count). The number of amides is 4. The third-order valence-corrected chi connectivity index (χ3v) is 5.45. The van der Waals surface area contributed by atoms with E-state index in [1.807, 2.05) is 6.92 Å². The van der Waals surface area contributed by atoms with E-state index < -0.39 is 23.8 Å². The Kier molecular flexibility index (Phi) is 6.91. The molecular weight excluding hydrogens is 536 g/mol. The van der Waals surface area contributed by atoms with Crippen LogP contribution in [-0.2, 0) is 14.3 Å². The second-order valence-corrected chi connectivity index (χ2v) is 7.95. The number of imide groups is 2. The van der Waals surface area contributed by atoms with Crippen molar-refractivity contribution in [1.82, 2.24) is 5.32 Å². The lowest BCUT2D eigenvalue weighted by Crippen LogP contribution is -2.54. The predicted molar refractivity (Wildman–Crippen MR) is 120 cm³/mol. The topological polar surface area (TPSA) is 102 Å². The molecule has 160 valence electrons. The predicted octanol–water partition coefficient (Wildman–Crippen LogP) is 4.06. The Morgan fingerprint density at radius 1 is 1.10 bits per heavy atom. The lowest BCUT2D eigenvalue weighted by molar-refractivity contribution is -0.122. The zero-order chi connectivity index (χ0) is 22.7. The molecule has 0 bridgehead atoms. The molecule has 1 aliphatic rings. The third-order valence-electron chi connectivity index (χ3n) is 4.27.